The number of terminal acetylenes is 1. The molecule has 1 aromatic carbocycles. The van der Waals surface area contributed by atoms with E-state index in [1.165, 1.54) is 11.1 Å². The Labute approximate surface area is 143 Å². The van der Waals surface area contributed by atoms with E-state index in [2.05, 4.69) is 18.9 Å². The first-order valence-corrected chi connectivity index (χ1v) is 8.96. The molecule has 2 saturated carbocycles. The molecule has 4 rings (SSSR count). The summed E-state index contributed by atoms with van der Waals surface area (Å²) in [5.74, 6) is 4.98. The molecule has 0 amide bonds. The Bertz CT molecular complexity index is 718. The maximum absolute atomic E-state index is 10.9. The molecule has 5 atom stereocenters. The minimum Gasteiger partial charge on any atom is -0.429 e. The van der Waals surface area contributed by atoms with Crippen LogP contribution in [0.5, 0.6) is 5.75 Å². The molecule has 3 aliphatic carbocycles. The van der Waals surface area contributed by atoms with Gasteiger partial charge in [0, 0.05) is 5.41 Å². The molecular formula is C21H24O3. The zero-order valence-corrected chi connectivity index (χ0v) is 14.1. The Morgan fingerprint density at radius 2 is 2.17 bits per heavy atom. The fraction of sp³-hybridized carbons (Fsp3) is 0.571. The minimum absolute atomic E-state index is 0.152. The van der Waals surface area contributed by atoms with Gasteiger partial charge in [0.05, 0.1) is 0 Å². The molecule has 3 nitrogen and oxygen atoms in total. The SMILES string of the molecule is C#C[C@]1(O)CC[C@H]2[C@@H]3CCc4cc(OC=O)ccc4[C@H]3CCC21C. The predicted molar refractivity (Wildman–Crippen MR) is 91.5 cm³/mol. The van der Waals surface area contributed by atoms with Gasteiger partial charge in [-0.25, -0.2) is 0 Å². The maximum Gasteiger partial charge on any atom is 0.298 e. The number of aliphatic hydroxyl groups is 1. The van der Waals surface area contributed by atoms with Crippen molar-refractivity contribution in [2.45, 2.75) is 57.0 Å². The molecule has 1 aromatic rings. The van der Waals surface area contributed by atoms with Gasteiger partial charge >= 0.3 is 0 Å². The monoisotopic (exact) mass is 324 g/mol. The summed E-state index contributed by atoms with van der Waals surface area (Å²) in [5.41, 5.74) is 1.62. The zero-order chi connectivity index (χ0) is 16.9. The first-order chi connectivity index (χ1) is 11.5. The lowest BCUT2D eigenvalue weighted by molar-refractivity contribution is -0.120. The van der Waals surface area contributed by atoms with Gasteiger partial charge in [-0.1, -0.05) is 18.9 Å². The molecule has 3 aliphatic rings. The van der Waals surface area contributed by atoms with Gasteiger partial charge in [-0.15, -0.1) is 6.42 Å². The molecular weight excluding hydrogens is 300 g/mol. The Morgan fingerprint density at radius 1 is 1.33 bits per heavy atom. The molecule has 3 heteroatoms. The molecule has 0 radical (unpaired) electrons. The van der Waals surface area contributed by atoms with Crippen LogP contribution in [0.25, 0.3) is 0 Å². The Balaban J connectivity index is 1.67. The predicted octanol–water partition coefficient (Wildman–Crippen LogP) is 3.44. The Kier molecular flexibility index (Phi) is 3.51. The molecule has 0 spiro atoms. The number of fused-ring (bicyclic) bond motifs is 5. The smallest absolute Gasteiger partial charge is 0.298 e. The second kappa shape index (κ2) is 5.36. The number of hydrogen-bond acceptors (Lipinski definition) is 3. The van der Waals surface area contributed by atoms with E-state index in [-0.39, 0.29) is 5.41 Å². The fourth-order valence-corrected chi connectivity index (χ4v) is 5.94. The molecule has 0 aromatic heterocycles. The topological polar surface area (TPSA) is 46.5 Å². The highest BCUT2D eigenvalue weighted by Gasteiger charge is 2.61. The van der Waals surface area contributed by atoms with Crippen LogP contribution in [0.3, 0.4) is 0 Å². The number of carbonyl (C=O) groups excluding carboxylic acids is 1. The van der Waals surface area contributed by atoms with Gasteiger partial charge < -0.3 is 9.84 Å². The highest BCUT2D eigenvalue weighted by molar-refractivity contribution is 5.48. The molecule has 0 saturated heterocycles. The number of benzene rings is 1. The standard InChI is InChI=1S/C21H24O3/c1-3-21(23)11-9-19-18-6-4-14-12-15(24-13-22)5-7-16(14)17(18)8-10-20(19,21)2/h1,5,7,12-13,17-19,23H,4,6,8-11H2,2H3/t17-,18-,19+,20?,21+/m1/s1. The molecule has 126 valence electrons. The van der Waals surface area contributed by atoms with Gasteiger partial charge in [-0.3, -0.25) is 4.79 Å². The zero-order valence-electron chi connectivity index (χ0n) is 14.1. The number of rotatable bonds is 2. The van der Waals surface area contributed by atoms with E-state index in [0.29, 0.717) is 30.0 Å². The molecule has 1 N–H and O–H groups in total. The maximum atomic E-state index is 10.9. The number of aryl methyl sites for hydroxylation is 1. The summed E-state index contributed by atoms with van der Waals surface area (Å²) < 4.78 is 5.00. The van der Waals surface area contributed by atoms with Gasteiger partial charge in [0.1, 0.15) is 11.4 Å². The van der Waals surface area contributed by atoms with E-state index >= 15 is 0 Å². The van der Waals surface area contributed by atoms with Gasteiger partial charge in [-0.2, -0.15) is 0 Å². The van der Waals surface area contributed by atoms with Crippen LogP contribution in [-0.2, 0) is 11.2 Å². The van der Waals surface area contributed by atoms with Crippen LogP contribution in [0, 0.1) is 29.6 Å². The Hall–Kier alpha value is -1.79. The Morgan fingerprint density at radius 3 is 2.92 bits per heavy atom. The van der Waals surface area contributed by atoms with Crippen LogP contribution in [0.1, 0.15) is 56.1 Å². The normalized spacial score (nSPS) is 40.0. The third kappa shape index (κ3) is 1.99. The average Bonchev–Trinajstić information content (AvgIpc) is 2.87. The lowest BCUT2D eigenvalue weighted by Gasteiger charge is -2.52. The van der Waals surface area contributed by atoms with Gasteiger partial charge in [0.15, 0.2) is 0 Å². The summed E-state index contributed by atoms with van der Waals surface area (Å²) >= 11 is 0. The van der Waals surface area contributed by atoms with E-state index < -0.39 is 5.60 Å². The first-order valence-electron chi connectivity index (χ1n) is 8.96. The summed E-state index contributed by atoms with van der Waals surface area (Å²) in [6, 6.07) is 6.05. The van der Waals surface area contributed by atoms with Crippen LogP contribution in [0.15, 0.2) is 18.2 Å². The van der Waals surface area contributed by atoms with Crippen molar-refractivity contribution in [3.05, 3.63) is 29.3 Å². The molecule has 0 bridgehead atoms. The summed E-state index contributed by atoms with van der Waals surface area (Å²) in [6.45, 7) is 2.69. The van der Waals surface area contributed by atoms with Crippen molar-refractivity contribution in [1.29, 1.82) is 0 Å². The highest BCUT2D eigenvalue weighted by Crippen LogP contribution is 2.64. The molecule has 0 aliphatic heterocycles. The van der Waals surface area contributed by atoms with Gasteiger partial charge in [0.25, 0.3) is 6.47 Å². The summed E-state index contributed by atoms with van der Waals surface area (Å²) in [4.78, 5) is 10.6. The summed E-state index contributed by atoms with van der Waals surface area (Å²) in [7, 11) is 0. The minimum atomic E-state index is -0.940. The van der Waals surface area contributed by atoms with Gasteiger partial charge in [-0.05, 0) is 79.5 Å². The molecule has 24 heavy (non-hydrogen) atoms. The number of hydrogen-bond donors (Lipinski definition) is 1. The van der Waals surface area contributed by atoms with E-state index in [4.69, 9.17) is 11.2 Å². The van der Waals surface area contributed by atoms with Crippen molar-refractivity contribution in [2.24, 2.45) is 17.3 Å². The largest absolute Gasteiger partial charge is 0.429 e. The third-order valence-electron chi connectivity index (χ3n) is 7.27. The highest BCUT2D eigenvalue weighted by atomic mass is 16.5. The van der Waals surface area contributed by atoms with Crippen molar-refractivity contribution in [1.82, 2.24) is 0 Å². The van der Waals surface area contributed by atoms with E-state index in [9.17, 15) is 9.90 Å². The van der Waals surface area contributed by atoms with Crippen molar-refractivity contribution in [3.8, 4) is 18.1 Å². The quantitative estimate of drug-likeness (QED) is 0.669. The van der Waals surface area contributed by atoms with Crippen LogP contribution in [0.2, 0.25) is 0 Å². The van der Waals surface area contributed by atoms with Crippen molar-refractivity contribution < 1.29 is 14.6 Å². The second-order valence-electron chi connectivity index (χ2n) is 7.99. The van der Waals surface area contributed by atoms with Crippen LogP contribution < -0.4 is 4.74 Å². The third-order valence-corrected chi connectivity index (χ3v) is 7.27. The number of carbonyl (C=O) groups is 1. The lowest BCUT2D eigenvalue weighted by Crippen LogP contribution is -2.50. The van der Waals surface area contributed by atoms with Crippen molar-refractivity contribution in [3.63, 3.8) is 0 Å². The van der Waals surface area contributed by atoms with Crippen molar-refractivity contribution >= 4 is 6.47 Å². The number of ether oxygens (including phenoxy) is 1. The molecule has 1 unspecified atom stereocenters. The average molecular weight is 324 g/mol. The lowest BCUT2D eigenvalue weighted by atomic mass is 9.53. The molecule has 2 fully saturated rings. The summed E-state index contributed by atoms with van der Waals surface area (Å²) in [6.07, 6.45) is 11.6. The van der Waals surface area contributed by atoms with Crippen LogP contribution >= 0.6 is 0 Å². The van der Waals surface area contributed by atoms with Crippen LogP contribution in [-0.4, -0.2) is 17.2 Å². The first kappa shape index (κ1) is 15.7. The van der Waals surface area contributed by atoms with E-state index in [1.807, 2.05) is 12.1 Å². The van der Waals surface area contributed by atoms with Crippen molar-refractivity contribution in [2.75, 3.05) is 0 Å². The molecule has 0 heterocycles. The summed E-state index contributed by atoms with van der Waals surface area (Å²) in [5, 5.41) is 10.9. The van der Waals surface area contributed by atoms with E-state index in [0.717, 1.165) is 38.5 Å². The van der Waals surface area contributed by atoms with Crippen LogP contribution in [0.4, 0.5) is 0 Å². The van der Waals surface area contributed by atoms with E-state index in [1.54, 1.807) is 0 Å². The second-order valence-corrected chi connectivity index (χ2v) is 7.99. The van der Waals surface area contributed by atoms with Gasteiger partial charge in [0.2, 0.25) is 0 Å². The fourth-order valence-electron chi connectivity index (χ4n) is 5.94.